The molecule has 0 aliphatic heterocycles. The van der Waals surface area contributed by atoms with Gasteiger partial charge in [-0.3, -0.25) is 4.79 Å². The van der Waals surface area contributed by atoms with Crippen molar-refractivity contribution < 1.29 is 13.6 Å². The first-order chi connectivity index (χ1) is 9.40. The number of halogens is 2. The highest BCUT2D eigenvalue weighted by Crippen LogP contribution is 2.21. The average molecular weight is 276 g/mol. The van der Waals surface area contributed by atoms with Crippen LogP contribution in [0.4, 0.5) is 20.2 Å². The fraction of sp³-hybridized carbons (Fsp3) is 0.133. The Morgan fingerprint density at radius 3 is 2.50 bits per heavy atom. The summed E-state index contributed by atoms with van der Waals surface area (Å²) < 4.78 is 26.8. The van der Waals surface area contributed by atoms with Gasteiger partial charge in [-0.15, -0.1) is 0 Å². The largest absolute Gasteiger partial charge is 0.396 e. The van der Waals surface area contributed by atoms with Crippen LogP contribution < -0.4 is 10.6 Å². The van der Waals surface area contributed by atoms with Gasteiger partial charge in [-0.05, 0) is 30.7 Å². The number of nitrogens with two attached hydrogens (primary N) is 1. The van der Waals surface area contributed by atoms with E-state index in [1.807, 2.05) is 13.0 Å². The number of carbonyl (C=O) groups excluding carboxylic acids is 1. The summed E-state index contributed by atoms with van der Waals surface area (Å²) >= 11 is 0. The molecule has 0 radical (unpaired) electrons. The third kappa shape index (κ3) is 2.61. The Morgan fingerprint density at radius 1 is 1.15 bits per heavy atom. The van der Waals surface area contributed by atoms with Crippen molar-refractivity contribution >= 4 is 17.3 Å². The van der Waals surface area contributed by atoms with Crippen LogP contribution >= 0.6 is 0 Å². The average Bonchev–Trinajstić information content (AvgIpc) is 2.41. The van der Waals surface area contributed by atoms with Gasteiger partial charge >= 0.3 is 0 Å². The number of rotatable bonds is 2. The van der Waals surface area contributed by atoms with Crippen molar-refractivity contribution in [2.45, 2.75) is 6.92 Å². The van der Waals surface area contributed by atoms with Crippen molar-refractivity contribution in [2.24, 2.45) is 0 Å². The number of benzene rings is 2. The van der Waals surface area contributed by atoms with Gasteiger partial charge in [-0.1, -0.05) is 12.1 Å². The van der Waals surface area contributed by atoms with Crippen LogP contribution in [-0.4, -0.2) is 13.0 Å². The van der Waals surface area contributed by atoms with E-state index in [9.17, 15) is 13.6 Å². The van der Waals surface area contributed by atoms with E-state index >= 15 is 0 Å². The van der Waals surface area contributed by atoms with Crippen molar-refractivity contribution in [3.8, 4) is 0 Å². The number of amides is 1. The first kappa shape index (κ1) is 14.0. The van der Waals surface area contributed by atoms with Gasteiger partial charge in [0.2, 0.25) is 0 Å². The van der Waals surface area contributed by atoms with Crippen LogP contribution in [0.5, 0.6) is 0 Å². The molecule has 20 heavy (non-hydrogen) atoms. The van der Waals surface area contributed by atoms with E-state index in [1.165, 1.54) is 11.9 Å². The second-order valence-corrected chi connectivity index (χ2v) is 4.56. The predicted molar refractivity (Wildman–Crippen MR) is 74.7 cm³/mol. The molecule has 0 unspecified atom stereocenters. The van der Waals surface area contributed by atoms with Gasteiger partial charge in [-0.25, -0.2) is 8.78 Å². The van der Waals surface area contributed by atoms with Crippen LogP contribution in [0.15, 0.2) is 36.4 Å². The highest BCUT2D eigenvalue weighted by atomic mass is 19.1. The van der Waals surface area contributed by atoms with Gasteiger partial charge in [0.25, 0.3) is 5.91 Å². The number of nitrogen functional groups attached to an aromatic ring is 1. The lowest BCUT2D eigenvalue weighted by molar-refractivity contribution is 0.0989. The minimum absolute atomic E-state index is 0.257. The van der Waals surface area contributed by atoms with E-state index < -0.39 is 17.5 Å². The fourth-order valence-electron chi connectivity index (χ4n) is 1.86. The van der Waals surface area contributed by atoms with Crippen LogP contribution in [0.1, 0.15) is 15.9 Å². The maximum absolute atomic E-state index is 13.7. The summed E-state index contributed by atoms with van der Waals surface area (Å²) in [5.41, 5.74) is 6.46. The number of anilines is 2. The lowest BCUT2D eigenvalue weighted by Gasteiger charge is -2.18. The molecular weight excluding hydrogens is 262 g/mol. The number of carbonyl (C=O) groups is 1. The number of hydrogen-bond donors (Lipinski definition) is 1. The second kappa shape index (κ2) is 5.28. The molecule has 0 spiro atoms. The van der Waals surface area contributed by atoms with Gasteiger partial charge < -0.3 is 10.6 Å². The fourth-order valence-corrected chi connectivity index (χ4v) is 1.86. The summed E-state index contributed by atoms with van der Waals surface area (Å²) in [7, 11) is 1.52. The van der Waals surface area contributed by atoms with E-state index in [0.717, 1.165) is 11.6 Å². The molecule has 2 N–H and O–H groups in total. The van der Waals surface area contributed by atoms with E-state index in [2.05, 4.69) is 0 Å². The SMILES string of the molecule is Cc1cccc(N(C)C(=O)c2cc(N)c(F)cc2F)c1. The first-order valence-electron chi connectivity index (χ1n) is 5.99. The maximum atomic E-state index is 13.7. The zero-order valence-corrected chi connectivity index (χ0v) is 11.2. The van der Waals surface area contributed by atoms with Crippen molar-refractivity contribution in [3.05, 3.63) is 59.2 Å². The quantitative estimate of drug-likeness (QED) is 0.856. The van der Waals surface area contributed by atoms with Gasteiger partial charge in [0.05, 0.1) is 11.3 Å². The van der Waals surface area contributed by atoms with Crippen molar-refractivity contribution in [1.82, 2.24) is 0 Å². The Bertz CT molecular complexity index is 671. The smallest absolute Gasteiger partial charge is 0.261 e. The van der Waals surface area contributed by atoms with Crippen LogP contribution in [-0.2, 0) is 0 Å². The molecule has 5 heteroatoms. The Balaban J connectivity index is 2.39. The highest BCUT2D eigenvalue weighted by Gasteiger charge is 2.19. The van der Waals surface area contributed by atoms with Gasteiger partial charge in [0.15, 0.2) is 0 Å². The second-order valence-electron chi connectivity index (χ2n) is 4.56. The Labute approximate surface area is 115 Å². The third-order valence-electron chi connectivity index (χ3n) is 3.01. The lowest BCUT2D eigenvalue weighted by Crippen LogP contribution is -2.27. The van der Waals surface area contributed by atoms with Gasteiger partial charge in [-0.2, -0.15) is 0 Å². The molecule has 2 rings (SSSR count). The molecule has 104 valence electrons. The minimum atomic E-state index is -0.929. The normalized spacial score (nSPS) is 10.4. The van der Waals surface area contributed by atoms with Crippen LogP contribution in [0.25, 0.3) is 0 Å². The summed E-state index contributed by atoms with van der Waals surface area (Å²) in [4.78, 5) is 13.5. The summed E-state index contributed by atoms with van der Waals surface area (Å²) in [5.74, 6) is -2.39. The van der Waals surface area contributed by atoms with Crippen LogP contribution in [0.2, 0.25) is 0 Å². The van der Waals surface area contributed by atoms with E-state index in [1.54, 1.807) is 18.2 Å². The molecule has 0 aliphatic rings. The first-order valence-corrected chi connectivity index (χ1v) is 5.99. The Morgan fingerprint density at radius 2 is 1.85 bits per heavy atom. The summed E-state index contributed by atoms with van der Waals surface area (Å²) in [5, 5.41) is 0. The number of nitrogens with zero attached hydrogens (tertiary/aromatic N) is 1. The third-order valence-corrected chi connectivity index (χ3v) is 3.01. The van der Waals surface area contributed by atoms with E-state index in [0.29, 0.717) is 11.8 Å². The monoisotopic (exact) mass is 276 g/mol. The molecule has 0 aliphatic carbocycles. The van der Waals surface area contributed by atoms with Crippen molar-refractivity contribution in [2.75, 3.05) is 17.7 Å². The molecule has 0 bridgehead atoms. The number of aryl methyl sites for hydroxylation is 1. The van der Waals surface area contributed by atoms with E-state index in [4.69, 9.17) is 5.73 Å². The standard InChI is InChI=1S/C15H14F2N2O/c1-9-4-3-5-10(6-9)19(2)15(20)11-7-14(18)13(17)8-12(11)16/h3-8H,18H2,1-2H3. The zero-order chi connectivity index (χ0) is 14.9. The summed E-state index contributed by atoms with van der Waals surface area (Å²) in [6.45, 7) is 1.89. The molecule has 0 saturated heterocycles. The molecule has 1 amide bonds. The zero-order valence-electron chi connectivity index (χ0n) is 11.2. The van der Waals surface area contributed by atoms with Crippen LogP contribution in [0, 0.1) is 18.6 Å². The van der Waals surface area contributed by atoms with Crippen molar-refractivity contribution in [1.29, 1.82) is 0 Å². The lowest BCUT2D eigenvalue weighted by atomic mass is 10.1. The Kier molecular flexibility index (Phi) is 3.70. The summed E-state index contributed by atoms with van der Waals surface area (Å²) in [6.07, 6.45) is 0. The molecular formula is C15H14F2N2O. The minimum Gasteiger partial charge on any atom is -0.396 e. The molecule has 0 atom stereocenters. The maximum Gasteiger partial charge on any atom is 0.261 e. The van der Waals surface area contributed by atoms with E-state index in [-0.39, 0.29) is 11.3 Å². The molecule has 2 aromatic rings. The molecule has 0 saturated carbocycles. The molecule has 0 fully saturated rings. The molecule has 3 nitrogen and oxygen atoms in total. The molecule has 2 aromatic carbocycles. The number of hydrogen-bond acceptors (Lipinski definition) is 2. The predicted octanol–water partition coefficient (Wildman–Crippen LogP) is 3.13. The molecule has 0 aromatic heterocycles. The Hall–Kier alpha value is -2.43. The summed E-state index contributed by atoms with van der Waals surface area (Å²) in [6, 6.07) is 8.84. The highest BCUT2D eigenvalue weighted by molar-refractivity contribution is 6.06. The van der Waals surface area contributed by atoms with Crippen LogP contribution in [0.3, 0.4) is 0 Å². The van der Waals surface area contributed by atoms with Gasteiger partial charge in [0, 0.05) is 18.8 Å². The topological polar surface area (TPSA) is 46.3 Å². The van der Waals surface area contributed by atoms with Gasteiger partial charge in [0.1, 0.15) is 11.6 Å². The molecule has 0 heterocycles. The van der Waals surface area contributed by atoms with Crippen molar-refractivity contribution in [3.63, 3.8) is 0 Å².